The van der Waals surface area contributed by atoms with Crippen molar-refractivity contribution in [3.05, 3.63) is 34.3 Å². The number of hydrogen-bond acceptors (Lipinski definition) is 2. The molecule has 1 rings (SSSR count). The maximum absolute atomic E-state index is 12.3. The van der Waals surface area contributed by atoms with Crippen LogP contribution in [0.1, 0.15) is 11.5 Å². The molecule has 90 valence electrons. The molecule has 2 nitrogen and oxygen atoms in total. The first-order chi connectivity index (χ1) is 7.36. The number of nitrogens with two attached hydrogens (primary N) is 1. The van der Waals surface area contributed by atoms with Gasteiger partial charge in [0.1, 0.15) is 0 Å². The third-order valence-corrected chi connectivity index (χ3v) is 2.80. The Kier molecular flexibility index (Phi) is 4.35. The number of benzene rings is 1. The molecule has 6 heteroatoms. The van der Waals surface area contributed by atoms with Gasteiger partial charge in [-0.15, -0.1) is 0 Å². The van der Waals surface area contributed by atoms with E-state index in [4.69, 9.17) is 10.8 Å². The van der Waals surface area contributed by atoms with Gasteiger partial charge in [0.15, 0.2) is 6.10 Å². The standard InChI is InChI=1S/C10H11BrF3NO/c11-7-3-1-6(2-4-7)8(5-15)9(16)10(12,13)14/h1-4,8-9,16H,5,15H2. The number of rotatable bonds is 3. The van der Waals surface area contributed by atoms with Crippen LogP contribution >= 0.6 is 15.9 Å². The lowest BCUT2D eigenvalue weighted by Crippen LogP contribution is -2.38. The zero-order valence-electron chi connectivity index (χ0n) is 8.21. The zero-order valence-corrected chi connectivity index (χ0v) is 9.79. The highest BCUT2D eigenvalue weighted by Crippen LogP contribution is 2.31. The van der Waals surface area contributed by atoms with Crippen molar-refractivity contribution in [2.45, 2.75) is 18.2 Å². The Labute approximate surface area is 99.4 Å². The Hall–Kier alpha value is -0.590. The molecule has 0 aromatic heterocycles. The van der Waals surface area contributed by atoms with Crippen molar-refractivity contribution in [3.63, 3.8) is 0 Å². The Morgan fingerprint density at radius 1 is 1.25 bits per heavy atom. The third-order valence-electron chi connectivity index (χ3n) is 2.27. The lowest BCUT2D eigenvalue weighted by Gasteiger charge is -2.23. The summed E-state index contributed by atoms with van der Waals surface area (Å²) in [5, 5.41) is 9.15. The summed E-state index contributed by atoms with van der Waals surface area (Å²) in [6.45, 7) is -0.262. The first-order valence-corrected chi connectivity index (χ1v) is 5.36. The van der Waals surface area contributed by atoms with E-state index in [9.17, 15) is 13.2 Å². The van der Waals surface area contributed by atoms with Crippen LogP contribution in [0.25, 0.3) is 0 Å². The van der Waals surface area contributed by atoms with Gasteiger partial charge in [-0.3, -0.25) is 0 Å². The van der Waals surface area contributed by atoms with Gasteiger partial charge in [-0.2, -0.15) is 13.2 Å². The largest absolute Gasteiger partial charge is 0.414 e. The van der Waals surface area contributed by atoms with Crippen LogP contribution in [0.5, 0.6) is 0 Å². The molecule has 2 atom stereocenters. The number of hydrogen-bond donors (Lipinski definition) is 2. The number of aliphatic hydroxyl groups is 1. The fourth-order valence-electron chi connectivity index (χ4n) is 1.39. The Morgan fingerprint density at radius 3 is 2.12 bits per heavy atom. The fourth-order valence-corrected chi connectivity index (χ4v) is 1.65. The molecule has 0 radical (unpaired) electrons. The summed E-state index contributed by atoms with van der Waals surface area (Å²) < 4.78 is 37.8. The number of halogens is 4. The molecule has 0 saturated carbocycles. The molecule has 0 aliphatic rings. The molecule has 2 unspecified atom stereocenters. The van der Waals surface area contributed by atoms with Gasteiger partial charge >= 0.3 is 6.18 Å². The Morgan fingerprint density at radius 2 is 1.75 bits per heavy atom. The molecule has 0 amide bonds. The van der Waals surface area contributed by atoms with E-state index in [0.29, 0.717) is 5.56 Å². The predicted octanol–water partition coefficient (Wildman–Crippen LogP) is 2.41. The minimum Gasteiger partial charge on any atom is -0.383 e. The van der Waals surface area contributed by atoms with E-state index in [1.807, 2.05) is 0 Å². The van der Waals surface area contributed by atoms with E-state index in [-0.39, 0.29) is 6.54 Å². The summed E-state index contributed by atoms with van der Waals surface area (Å²) >= 11 is 3.18. The van der Waals surface area contributed by atoms with Crippen LogP contribution in [-0.4, -0.2) is 23.9 Å². The lowest BCUT2D eigenvalue weighted by molar-refractivity contribution is -0.209. The first-order valence-electron chi connectivity index (χ1n) is 4.56. The van der Waals surface area contributed by atoms with Gasteiger partial charge in [-0.25, -0.2) is 0 Å². The normalized spacial score (nSPS) is 15.9. The molecule has 1 aromatic rings. The summed E-state index contributed by atoms with van der Waals surface area (Å²) in [7, 11) is 0. The van der Waals surface area contributed by atoms with E-state index in [0.717, 1.165) is 4.47 Å². The van der Waals surface area contributed by atoms with E-state index in [1.54, 1.807) is 12.1 Å². The van der Waals surface area contributed by atoms with Crippen molar-refractivity contribution in [1.82, 2.24) is 0 Å². The van der Waals surface area contributed by atoms with Crippen LogP contribution in [-0.2, 0) is 0 Å². The highest BCUT2D eigenvalue weighted by Gasteiger charge is 2.43. The van der Waals surface area contributed by atoms with E-state index in [2.05, 4.69) is 15.9 Å². The predicted molar refractivity (Wildman–Crippen MR) is 58.0 cm³/mol. The van der Waals surface area contributed by atoms with Crippen LogP contribution in [0.2, 0.25) is 0 Å². The fraction of sp³-hybridized carbons (Fsp3) is 0.400. The molecule has 0 heterocycles. The van der Waals surface area contributed by atoms with Crippen molar-refractivity contribution < 1.29 is 18.3 Å². The van der Waals surface area contributed by atoms with E-state index >= 15 is 0 Å². The van der Waals surface area contributed by atoms with Crippen molar-refractivity contribution in [2.24, 2.45) is 5.73 Å². The van der Waals surface area contributed by atoms with Crippen molar-refractivity contribution >= 4 is 15.9 Å². The third kappa shape index (κ3) is 3.20. The van der Waals surface area contributed by atoms with Gasteiger partial charge in [0, 0.05) is 16.9 Å². The molecule has 0 bridgehead atoms. The molecule has 0 aliphatic heterocycles. The van der Waals surface area contributed by atoms with E-state index < -0.39 is 18.2 Å². The van der Waals surface area contributed by atoms with E-state index in [1.165, 1.54) is 12.1 Å². The number of aliphatic hydroxyl groups excluding tert-OH is 1. The summed E-state index contributed by atoms with van der Waals surface area (Å²) in [6.07, 6.45) is -7.09. The molecule has 0 spiro atoms. The van der Waals surface area contributed by atoms with Crippen LogP contribution in [0, 0.1) is 0 Å². The maximum Gasteiger partial charge on any atom is 0.414 e. The van der Waals surface area contributed by atoms with Gasteiger partial charge < -0.3 is 10.8 Å². The van der Waals surface area contributed by atoms with Gasteiger partial charge in [0.25, 0.3) is 0 Å². The molecule has 3 N–H and O–H groups in total. The second-order valence-electron chi connectivity index (χ2n) is 3.38. The monoisotopic (exact) mass is 297 g/mol. The van der Waals surface area contributed by atoms with Crippen LogP contribution in [0.4, 0.5) is 13.2 Å². The molecule has 1 aromatic carbocycles. The summed E-state index contributed by atoms with van der Waals surface area (Å²) in [4.78, 5) is 0. The molecule has 0 fully saturated rings. The van der Waals surface area contributed by atoms with Crippen molar-refractivity contribution in [3.8, 4) is 0 Å². The second-order valence-corrected chi connectivity index (χ2v) is 4.30. The Bertz CT molecular complexity index is 339. The van der Waals surface area contributed by atoms with Gasteiger partial charge in [0.05, 0.1) is 0 Å². The average Bonchev–Trinajstić information content (AvgIpc) is 2.20. The highest BCUT2D eigenvalue weighted by atomic mass is 79.9. The van der Waals surface area contributed by atoms with Gasteiger partial charge in [-0.1, -0.05) is 28.1 Å². The van der Waals surface area contributed by atoms with Crippen molar-refractivity contribution in [1.29, 1.82) is 0 Å². The van der Waals surface area contributed by atoms with Crippen LogP contribution in [0.15, 0.2) is 28.7 Å². The molecular weight excluding hydrogens is 287 g/mol. The Balaban J connectivity index is 2.94. The van der Waals surface area contributed by atoms with Gasteiger partial charge in [-0.05, 0) is 17.7 Å². The average molecular weight is 298 g/mol. The topological polar surface area (TPSA) is 46.2 Å². The highest BCUT2D eigenvalue weighted by molar-refractivity contribution is 9.10. The summed E-state index contributed by atoms with van der Waals surface area (Å²) in [5.41, 5.74) is 5.64. The lowest BCUT2D eigenvalue weighted by atomic mass is 9.93. The smallest absolute Gasteiger partial charge is 0.383 e. The van der Waals surface area contributed by atoms with Crippen LogP contribution < -0.4 is 5.73 Å². The molecule has 16 heavy (non-hydrogen) atoms. The number of alkyl halides is 3. The van der Waals surface area contributed by atoms with Crippen molar-refractivity contribution in [2.75, 3.05) is 6.54 Å². The summed E-state index contributed by atoms with van der Waals surface area (Å²) in [5.74, 6) is -1.13. The second kappa shape index (κ2) is 5.16. The van der Waals surface area contributed by atoms with Crippen LogP contribution in [0.3, 0.4) is 0 Å². The minimum absolute atomic E-state index is 0.262. The molecule has 0 saturated heterocycles. The molecule has 0 aliphatic carbocycles. The molecular formula is C10H11BrF3NO. The minimum atomic E-state index is -4.66. The van der Waals surface area contributed by atoms with Gasteiger partial charge in [0.2, 0.25) is 0 Å². The SMILES string of the molecule is NCC(c1ccc(Br)cc1)C(O)C(F)(F)F. The summed E-state index contributed by atoms with van der Waals surface area (Å²) in [6, 6.07) is 6.25. The zero-order chi connectivity index (χ0) is 12.3. The maximum atomic E-state index is 12.3. The quantitative estimate of drug-likeness (QED) is 0.900. The first kappa shape index (κ1) is 13.5.